The van der Waals surface area contributed by atoms with E-state index in [9.17, 15) is 19.5 Å². The number of nitrogens with zero attached hydrogens (tertiary/aromatic N) is 2. The molecule has 0 aliphatic carbocycles. The molecule has 0 bridgehead atoms. The van der Waals surface area contributed by atoms with Gasteiger partial charge in [0.25, 0.3) is 0 Å². The number of nitrogens with one attached hydrogen (secondary N) is 2. The van der Waals surface area contributed by atoms with Gasteiger partial charge in [-0.25, -0.2) is 14.6 Å². The first-order valence-electron chi connectivity index (χ1n) is 10.7. The van der Waals surface area contributed by atoms with Gasteiger partial charge in [0.1, 0.15) is 11.7 Å². The predicted molar refractivity (Wildman–Crippen MR) is 130 cm³/mol. The lowest BCUT2D eigenvalue weighted by atomic mass is 10.0. The molecule has 0 radical (unpaired) electrons. The highest BCUT2D eigenvalue weighted by Gasteiger charge is 2.29. The number of esters is 1. The standard InChI is InChI=1S/C24H24N4O5S/c1-13(2)10-18(20(29)27-23-25-17(12-34-23)22(31)33-3)28-21(30)19(26-24(28)32)16-9-8-14-6-4-5-7-15(14)11-16/h4-9,11-13,18,30H,10H2,1-3H3,(H,26,32)(H,25,27,29)/t18-/m0/s1. The summed E-state index contributed by atoms with van der Waals surface area (Å²) < 4.78 is 5.70. The molecule has 0 spiro atoms. The fraction of sp³-hybridized carbons (Fsp3) is 0.250. The van der Waals surface area contributed by atoms with E-state index in [0.29, 0.717) is 12.0 Å². The molecule has 34 heavy (non-hydrogen) atoms. The minimum atomic E-state index is -0.997. The molecule has 4 aromatic rings. The molecule has 2 aromatic carbocycles. The third-order valence-electron chi connectivity index (χ3n) is 5.38. The van der Waals surface area contributed by atoms with Crippen molar-refractivity contribution in [1.29, 1.82) is 0 Å². The van der Waals surface area contributed by atoms with Gasteiger partial charge in [-0.15, -0.1) is 11.3 Å². The topological polar surface area (TPSA) is 126 Å². The Bertz CT molecular complexity index is 1420. The van der Waals surface area contributed by atoms with Crippen molar-refractivity contribution in [3.8, 4) is 17.1 Å². The lowest BCUT2D eigenvalue weighted by Crippen LogP contribution is -2.33. The molecule has 0 aliphatic heterocycles. The number of hydrogen-bond donors (Lipinski definition) is 3. The number of aromatic amines is 1. The summed E-state index contributed by atoms with van der Waals surface area (Å²) in [4.78, 5) is 44.5. The number of amides is 1. The Balaban J connectivity index is 1.69. The van der Waals surface area contributed by atoms with E-state index in [1.807, 2.05) is 50.2 Å². The molecule has 0 saturated carbocycles. The molecule has 0 fully saturated rings. The van der Waals surface area contributed by atoms with Crippen molar-refractivity contribution in [3.63, 3.8) is 0 Å². The van der Waals surface area contributed by atoms with E-state index in [1.165, 1.54) is 12.5 Å². The molecule has 0 saturated heterocycles. The highest BCUT2D eigenvalue weighted by Crippen LogP contribution is 2.32. The highest BCUT2D eigenvalue weighted by atomic mass is 32.1. The van der Waals surface area contributed by atoms with Crippen molar-refractivity contribution in [2.24, 2.45) is 5.92 Å². The molecule has 1 amide bonds. The van der Waals surface area contributed by atoms with Gasteiger partial charge in [0.05, 0.1) is 7.11 Å². The Morgan fingerprint density at radius 1 is 1.21 bits per heavy atom. The monoisotopic (exact) mass is 480 g/mol. The van der Waals surface area contributed by atoms with E-state index in [-0.39, 0.29) is 28.3 Å². The summed E-state index contributed by atoms with van der Waals surface area (Å²) in [5, 5.41) is 17.3. The van der Waals surface area contributed by atoms with Gasteiger partial charge in [-0.05, 0) is 29.2 Å². The Labute approximate surface area is 199 Å². The Morgan fingerprint density at radius 2 is 1.94 bits per heavy atom. The van der Waals surface area contributed by atoms with Crippen LogP contribution in [0.15, 0.2) is 52.6 Å². The molecule has 0 aliphatic rings. The number of aromatic hydroxyl groups is 1. The number of benzene rings is 2. The lowest BCUT2D eigenvalue weighted by molar-refractivity contribution is -0.119. The maximum absolute atomic E-state index is 13.2. The van der Waals surface area contributed by atoms with E-state index in [4.69, 9.17) is 0 Å². The number of methoxy groups -OCH3 is 1. The van der Waals surface area contributed by atoms with Crippen molar-refractivity contribution >= 4 is 39.1 Å². The number of carbonyl (C=O) groups excluding carboxylic acids is 2. The fourth-order valence-corrected chi connectivity index (χ4v) is 4.45. The quantitative estimate of drug-likeness (QED) is 0.341. The molecule has 2 heterocycles. The number of fused-ring (bicyclic) bond motifs is 1. The smallest absolute Gasteiger partial charge is 0.357 e. The van der Waals surface area contributed by atoms with Crippen LogP contribution in [0.4, 0.5) is 5.13 Å². The molecule has 3 N–H and O–H groups in total. The maximum atomic E-state index is 13.2. The zero-order valence-electron chi connectivity index (χ0n) is 18.9. The van der Waals surface area contributed by atoms with Gasteiger partial charge >= 0.3 is 11.7 Å². The molecule has 2 aromatic heterocycles. The summed E-state index contributed by atoms with van der Waals surface area (Å²) in [6.45, 7) is 3.83. The second-order valence-electron chi connectivity index (χ2n) is 8.22. The average molecular weight is 481 g/mol. The van der Waals surface area contributed by atoms with Gasteiger partial charge in [-0.1, -0.05) is 50.2 Å². The van der Waals surface area contributed by atoms with Crippen LogP contribution in [0, 0.1) is 5.92 Å². The van der Waals surface area contributed by atoms with Crippen LogP contribution in [0.2, 0.25) is 0 Å². The molecule has 9 nitrogen and oxygen atoms in total. The van der Waals surface area contributed by atoms with Crippen molar-refractivity contribution in [1.82, 2.24) is 14.5 Å². The second-order valence-corrected chi connectivity index (χ2v) is 9.08. The zero-order valence-corrected chi connectivity index (χ0v) is 19.7. The fourth-order valence-electron chi connectivity index (χ4n) is 3.77. The summed E-state index contributed by atoms with van der Waals surface area (Å²) in [5.41, 5.74) is 0.331. The molecular formula is C24H24N4O5S. The Morgan fingerprint density at radius 3 is 2.65 bits per heavy atom. The van der Waals surface area contributed by atoms with Gasteiger partial charge in [-0.2, -0.15) is 0 Å². The van der Waals surface area contributed by atoms with Crippen LogP contribution < -0.4 is 11.0 Å². The number of aromatic nitrogens is 3. The minimum absolute atomic E-state index is 0.0444. The molecule has 4 rings (SSSR count). The molecule has 176 valence electrons. The SMILES string of the molecule is COC(=O)c1csc(NC(=O)[C@H](CC(C)C)n2c(O)c(-c3ccc4ccccc4c3)[nH]c2=O)n1. The first-order valence-corrected chi connectivity index (χ1v) is 11.5. The van der Waals surface area contributed by atoms with Gasteiger partial charge < -0.3 is 20.1 Å². The van der Waals surface area contributed by atoms with Crippen LogP contribution in [0.1, 0.15) is 36.8 Å². The van der Waals surface area contributed by atoms with Crippen LogP contribution in [-0.2, 0) is 9.53 Å². The highest BCUT2D eigenvalue weighted by molar-refractivity contribution is 7.14. The van der Waals surface area contributed by atoms with E-state index in [2.05, 4.69) is 20.0 Å². The number of rotatable bonds is 7. The number of anilines is 1. The third kappa shape index (κ3) is 4.58. The number of ether oxygens (including phenoxy) is 1. The van der Waals surface area contributed by atoms with E-state index in [0.717, 1.165) is 26.7 Å². The third-order valence-corrected chi connectivity index (χ3v) is 6.14. The number of carbonyl (C=O) groups is 2. The van der Waals surface area contributed by atoms with E-state index >= 15 is 0 Å². The minimum Gasteiger partial charge on any atom is -0.493 e. The molecule has 10 heteroatoms. The lowest BCUT2D eigenvalue weighted by Gasteiger charge is -2.19. The summed E-state index contributed by atoms with van der Waals surface area (Å²) in [7, 11) is 1.24. The van der Waals surface area contributed by atoms with E-state index in [1.54, 1.807) is 6.07 Å². The van der Waals surface area contributed by atoms with Crippen LogP contribution in [0.3, 0.4) is 0 Å². The Hall–Kier alpha value is -3.92. The Kier molecular flexibility index (Phi) is 6.51. The summed E-state index contributed by atoms with van der Waals surface area (Å²) in [5.74, 6) is -1.42. The first kappa shape index (κ1) is 23.2. The van der Waals surface area contributed by atoms with Crippen molar-refractivity contribution in [2.45, 2.75) is 26.3 Å². The number of thiazole rings is 1. The zero-order chi connectivity index (χ0) is 24.4. The summed E-state index contributed by atoms with van der Waals surface area (Å²) >= 11 is 1.06. The normalized spacial score (nSPS) is 12.1. The molecular weight excluding hydrogens is 456 g/mol. The van der Waals surface area contributed by atoms with Crippen molar-refractivity contribution < 1.29 is 19.4 Å². The van der Waals surface area contributed by atoms with Crippen LogP contribution in [-0.4, -0.2) is 38.6 Å². The molecule has 1 atom stereocenters. The van der Waals surface area contributed by atoms with Crippen LogP contribution in [0.25, 0.3) is 22.0 Å². The molecule has 0 unspecified atom stereocenters. The van der Waals surface area contributed by atoms with Crippen molar-refractivity contribution in [3.05, 3.63) is 64.0 Å². The average Bonchev–Trinajstić information content (AvgIpc) is 3.40. The summed E-state index contributed by atoms with van der Waals surface area (Å²) in [6.07, 6.45) is 0.295. The summed E-state index contributed by atoms with van der Waals surface area (Å²) in [6, 6.07) is 12.3. The van der Waals surface area contributed by atoms with Gasteiger partial charge in [0, 0.05) is 10.9 Å². The van der Waals surface area contributed by atoms with Crippen LogP contribution >= 0.6 is 11.3 Å². The van der Waals surface area contributed by atoms with Gasteiger partial charge in [-0.3, -0.25) is 9.36 Å². The maximum Gasteiger partial charge on any atom is 0.357 e. The van der Waals surface area contributed by atoms with Crippen LogP contribution in [0.5, 0.6) is 5.88 Å². The van der Waals surface area contributed by atoms with Gasteiger partial charge in [0.2, 0.25) is 11.8 Å². The number of H-pyrrole nitrogens is 1. The second kappa shape index (κ2) is 9.52. The predicted octanol–water partition coefficient (Wildman–Crippen LogP) is 4.17. The number of imidazole rings is 1. The first-order chi connectivity index (χ1) is 16.3. The number of hydrogen-bond acceptors (Lipinski definition) is 7. The van der Waals surface area contributed by atoms with Gasteiger partial charge in [0.15, 0.2) is 10.8 Å². The van der Waals surface area contributed by atoms with E-state index < -0.39 is 23.6 Å². The largest absolute Gasteiger partial charge is 0.493 e. The van der Waals surface area contributed by atoms with Crippen molar-refractivity contribution in [2.75, 3.05) is 12.4 Å².